The van der Waals surface area contributed by atoms with Crippen molar-refractivity contribution in [3.63, 3.8) is 0 Å². The highest BCUT2D eigenvalue weighted by atomic mass is 16.7. The van der Waals surface area contributed by atoms with E-state index in [0.29, 0.717) is 26.1 Å². The standard InChI is InChI=1S/C33H46N8O6/c1-3-4-5-14-35-32-31-25(36-33(34)37-32)13-15-40(31)22-24-10-9-23(20-26(24)46-2)21-38-16-18-39(19-17-38)27(42)7-6-8-30(45)47-41-28(43)11-12-29(41)44/h9-10,13,15,20,28,43H,3-8,11-12,14,16-19,21-22H2,1-2H3,(H3,34,35,36,37). The second-order valence-corrected chi connectivity index (χ2v) is 12.1. The van der Waals surface area contributed by atoms with E-state index >= 15 is 0 Å². The van der Waals surface area contributed by atoms with Gasteiger partial charge in [0, 0.05) is 76.7 Å². The largest absolute Gasteiger partial charge is 0.496 e. The molecule has 47 heavy (non-hydrogen) atoms. The van der Waals surface area contributed by atoms with Gasteiger partial charge >= 0.3 is 5.97 Å². The highest BCUT2D eigenvalue weighted by molar-refractivity contribution is 5.87. The van der Waals surface area contributed by atoms with Gasteiger partial charge in [0.1, 0.15) is 11.3 Å². The highest BCUT2D eigenvalue weighted by Gasteiger charge is 2.33. The van der Waals surface area contributed by atoms with E-state index in [0.717, 1.165) is 84.2 Å². The molecular formula is C33H46N8O6. The topological polar surface area (TPSA) is 168 Å². The predicted octanol–water partition coefficient (Wildman–Crippen LogP) is 2.89. The molecule has 2 fully saturated rings. The lowest BCUT2D eigenvalue weighted by atomic mass is 10.1. The number of benzene rings is 1. The van der Waals surface area contributed by atoms with Gasteiger partial charge in [0.2, 0.25) is 11.9 Å². The number of aliphatic hydroxyl groups excluding tert-OH is 1. The quantitative estimate of drug-likeness (QED) is 0.207. The molecule has 0 radical (unpaired) electrons. The van der Waals surface area contributed by atoms with E-state index in [1.54, 1.807) is 7.11 Å². The third-order valence-corrected chi connectivity index (χ3v) is 8.63. The molecule has 0 spiro atoms. The molecule has 1 aromatic carbocycles. The molecule has 14 heteroatoms. The van der Waals surface area contributed by atoms with Crippen LogP contribution in [0.2, 0.25) is 0 Å². The first-order chi connectivity index (χ1) is 22.7. The number of hydrogen-bond donors (Lipinski definition) is 3. The van der Waals surface area contributed by atoms with Crippen molar-refractivity contribution in [1.82, 2.24) is 29.4 Å². The molecule has 2 aliphatic rings. The van der Waals surface area contributed by atoms with Gasteiger partial charge in [0.25, 0.3) is 5.91 Å². The number of nitrogens with two attached hydrogens (primary N) is 1. The second kappa shape index (κ2) is 15.9. The Balaban J connectivity index is 1.11. The van der Waals surface area contributed by atoms with Gasteiger partial charge in [0.15, 0.2) is 12.0 Å². The van der Waals surface area contributed by atoms with Gasteiger partial charge in [-0.1, -0.05) is 31.9 Å². The summed E-state index contributed by atoms with van der Waals surface area (Å²) in [5.74, 6) is 0.734. The number of nitrogens with zero attached hydrogens (tertiary/aromatic N) is 6. The second-order valence-electron chi connectivity index (χ2n) is 12.1. The number of methoxy groups -OCH3 is 1. The van der Waals surface area contributed by atoms with Crippen LogP contribution in [0.1, 0.15) is 69.4 Å². The number of amides is 2. The molecule has 0 saturated carbocycles. The van der Waals surface area contributed by atoms with Crippen molar-refractivity contribution in [2.24, 2.45) is 0 Å². The number of rotatable bonds is 15. The maximum Gasteiger partial charge on any atom is 0.332 e. The molecule has 0 bridgehead atoms. The van der Waals surface area contributed by atoms with Crippen molar-refractivity contribution in [2.45, 2.75) is 77.6 Å². The molecule has 2 saturated heterocycles. The summed E-state index contributed by atoms with van der Waals surface area (Å²) in [7, 11) is 1.68. The first-order valence-electron chi connectivity index (χ1n) is 16.5. The summed E-state index contributed by atoms with van der Waals surface area (Å²) in [6, 6.07) is 8.24. The van der Waals surface area contributed by atoms with E-state index in [9.17, 15) is 19.5 Å². The van der Waals surface area contributed by atoms with Crippen LogP contribution in [-0.2, 0) is 32.3 Å². The number of carbonyl (C=O) groups excluding carboxylic acids is 3. The van der Waals surface area contributed by atoms with Crippen LogP contribution >= 0.6 is 0 Å². The van der Waals surface area contributed by atoms with Gasteiger partial charge in [-0.2, -0.15) is 4.98 Å². The first-order valence-corrected chi connectivity index (χ1v) is 16.5. The number of unbranched alkanes of at least 4 members (excludes halogenated alkanes) is 2. The van der Waals surface area contributed by atoms with Crippen molar-refractivity contribution < 1.29 is 29.1 Å². The molecule has 3 aromatic rings. The molecule has 4 N–H and O–H groups in total. The Labute approximate surface area is 274 Å². The zero-order valence-corrected chi connectivity index (χ0v) is 27.3. The number of nitrogens with one attached hydrogen (secondary N) is 1. The lowest BCUT2D eigenvalue weighted by molar-refractivity contribution is -0.220. The average molecular weight is 651 g/mol. The molecule has 2 amide bonds. The third kappa shape index (κ3) is 8.69. The van der Waals surface area contributed by atoms with Gasteiger partial charge in [-0.05, 0) is 30.5 Å². The minimum absolute atomic E-state index is 0.0000983. The van der Waals surface area contributed by atoms with E-state index in [1.807, 2.05) is 17.2 Å². The van der Waals surface area contributed by atoms with Crippen LogP contribution in [0.25, 0.3) is 11.0 Å². The van der Waals surface area contributed by atoms with E-state index < -0.39 is 18.1 Å². The monoisotopic (exact) mass is 650 g/mol. The van der Waals surface area contributed by atoms with Crippen LogP contribution in [0.5, 0.6) is 5.75 Å². The number of ether oxygens (including phenoxy) is 1. The van der Waals surface area contributed by atoms with Crippen LogP contribution in [0.15, 0.2) is 30.5 Å². The van der Waals surface area contributed by atoms with Gasteiger partial charge in [-0.15, -0.1) is 5.06 Å². The minimum Gasteiger partial charge on any atom is -0.496 e. The third-order valence-electron chi connectivity index (χ3n) is 8.63. The van der Waals surface area contributed by atoms with Crippen LogP contribution in [0, 0.1) is 0 Å². The summed E-state index contributed by atoms with van der Waals surface area (Å²) < 4.78 is 7.93. The fourth-order valence-corrected chi connectivity index (χ4v) is 6.03. The minimum atomic E-state index is -1.10. The summed E-state index contributed by atoms with van der Waals surface area (Å²) in [5.41, 5.74) is 9.85. The van der Waals surface area contributed by atoms with Crippen LogP contribution in [0.4, 0.5) is 11.8 Å². The maximum atomic E-state index is 12.8. The number of fused-ring (bicyclic) bond motifs is 1. The molecule has 4 heterocycles. The van der Waals surface area contributed by atoms with Gasteiger partial charge < -0.3 is 35.2 Å². The smallest absolute Gasteiger partial charge is 0.332 e. The first kappa shape index (κ1) is 33.9. The summed E-state index contributed by atoms with van der Waals surface area (Å²) in [4.78, 5) is 54.5. The van der Waals surface area contributed by atoms with Crippen molar-refractivity contribution in [1.29, 1.82) is 0 Å². The molecule has 5 rings (SSSR count). The van der Waals surface area contributed by atoms with E-state index in [4.69, 9.17) is 15.3 Å². The Hall–Kier alpha value is -4.43. The van der Waals surface area contributed by atoms with Crippen LogP contribution in [0.3, 0.4) is 0 Å². The summed E-state index contributed by atoms with van der Waals surface area (Å²) >= 11 is 0. The maximum absolute atomic E-state index is 12.8. The Morgan fingerprint density at radius 1 is 1.06 bits per heavy atom. The Morgan fingerprint density at radius 2 is 1.87 bits per heavy atom. The predicted molar refractivity (Wildman–Crippen MR) is 176 cm³/mol. The lowest BCUT2D eigenvalue weighted by Gasteiger charge is -2.35. The molecule has 14 nitrogen and oxygen atoms in total. The Morgan fingerprint density at radius 3 is 2.60 bits per heavy atom. The van der Waals surface area contributed by atoms with Gasteiger partial charge in [-0.3, -0.25) is 14.5 Å². The number of anilines is 2. The Kier molecular flexibility index (Phi) is 11.5. The number of aliphatic hydroxyl groups is 1. The molecular weight excluding hydrogens is 604 g/mol. The molecule has 254 valence electrons. The highest BCUT2D eigenvalue weighted by Crippen LogP contribution is 2.28. The molecule has 0 aliphatic carbocycles. The number of hydrogen-bond acceptors (Lipinski definition) is 11. The lowest BCUT2D eigenvalue weighted by Crippen LogP contribution is -2.48. The Bertz CT molecular complexity index is 1550. The fraction of sp³-hybridized carbons (Fsp3) is 0.545. The zero-order valence-electron chi connectivity index (χ0n) is 27.3. The van der Waals surface area contributed by atoms with Crippen molar-refractivity contribution in [2.75, 3.05) is 50.9 Å². The summed E-state index contributed by atoms with van der Waals surface area (Å²) in [6.45, 7) is 7.00. The van der Waals surface area contributed by atoms with Gasteiger partial charge in [-0.25, -0.2) is 9.78 Å². The SMILES string of the molecule is CCCCCNc1nc(N)nc2ccn(Cc3ccc(CN4CCN(C(=O)CCCC(=O)ON5C(=O)CCC5O)CC4)cc3OC)c12. The van der Waals surface area contributed by atoms with E-state index in [1.165, 1.54) is 0 Å². The normalized spacial score (nSPS) is 17.0. The van der Waals surface area contributed by atoms with E-state index in [2.05, 4.69) is 49.9 Å². The van der Waals surface area contributed by atoms with Gasteiger partial charge in [0.05, 0.1) is 19.2 Å². The average Bonchev–Trinajstić information content (AvgIpc) is 3.61. The molecule has 2 aliphatic heterocycles. The molecule has 1 unspecified atom stereocenters. The van der Waals surface area contributed by atoms with Crippen molar-refractivity contribution in [3.05, 3.63) is 41.6 Å². The van der Waals surface area contributed by atoms with Crippen LogP contribution in [-0.4, -0.2) is 98.3 Å². The number of piperazine rings is 1. The summed E-state index contributed by atoms with van der Waals surface area (Å²) in [5, 5.41) is 13.9. The summed E-state index contributed by atoms with van der Waals surface area (Å²) in [6.07, 6.45) is 5.17. The van der Waals surface area contributed by atoms with Crippen molar-refractivity contribution in [3.8, 4) is 5.75 Å². The number of nitrogen functional groups attached to an aromatic ring is 1. The zero-order chi connectivity index (χ0) is 33.3. The number of aromatic nitrogens is 3. The fourth-order valence-electron chi connectivity index (χ4n) is 6.03. The number of hydroxylamine groups is 2. The van der Waals surface area contributed by atoms with E-state index in [-0.39, 0.29) is 37.5 Å². The van der Waals surface area contributed by atoms with Crippen LogP contribution < -0.4 is 15.8 Å². The molecule has 2 aromatic heterocycles. The molecule has 1 atom stereocenters. The van der Waals surface area contributed by atoms with Crippen molar-refractivity contribution >= 4 is 40.6 Å². The number of carbonyl (C=O) groups is 3.